The number of aromatic nitrogens is 3. The summed E-state index contributed by atoms with van der Waals surface area (Å²) in [7, 11) is 0. The summed E-state index contributed by atoms with van der Waals surface area (Å²) in [5.41, 5.74) is 1.16. The topological polar surface area (TPSA) is 63.1 Å². The molecule has 1 heterocycles. The van der Waals surface area contributed by atoms with Crippen LogP contribution in [0.25, 0.3) is 5.69 Å². The van der Waals surface area contributed by atoms with Crippen LogP contribution in [0.3, 0.4) is 0 Å². The third kappa shape index (κ3) is 4.63. The molecule has 0 radical (unpaired) electrons. The molecule has 0 spiro atoms. The second kappa shape index (κ2) is 7.87. The van der Waals surface area contributed by atoms with E-state index in [0.717, 1.165) is 12.2 Å². The Morgan fingerprint density at radius 3 is 2.43 bits per heavy atom. The number of carbonyl (C=O) groups excluding carboxylic acids is 1. The van der Waals surface area contributed by atoms with Crippen molar-refractivity contribution in [2.24, 2.45) is 0 Å². The Morgan fingerprint density at radius 2 is 1.83 bits per heavy atom. The molecule has 0 bridgehead atoms. The Balaban J connectivity index is 1.91. The van der Waals surface area contributed by atoms with E-state index in [-0.39, 0.29) is 5.91 Å². The van der Waals surface area contributed by atoms with Gasteiger partial charge in [0.1, 0.15) is 0 Å². The average molecular weight is 315 g/mol. The number of nitrogens with zero attached hydrogens (tertiary/aromatic N) is 4. The molecular formula is C17H25N5O. The lowest BCUT2D eigenvalue weighted by atomic mass is 10.2. The van der Waals surface area contributed by atoms with Gasteiger partial charge in [0.2, 0.25) is 0 Å². The van der Waals surface area contributed by atoms with Crippen molar-refractivity contribution in [3.05, 3.63) is 42.2 Å². The molecule has 0 aliphatic rings. The molecule has 1 amide bonds. The van der Waals surface area contributed by atoms with Crippen LogP contribution >= 0.6 is 0 Å². The van der Waals surface area contributed by atoms with Gasteiger partial charge in [0.25, 0.3) is 5.91 Å². The van der Waals surface area contributed by atoms with E-state index < -0.39 is 0 Å². The largest absolute Gasteiger partial charge is 0.349 e. The highest BCUT2D eigenvalue weighted by atomic mass is 16.2. The number of rotatable bonds is 7. The maximum atomic E-state index is 12.2. The summed E-state index contributed by atoms with van der Waals surface area (Å²) in [6.45, 7) is 10.0. The summed E-state index contributed by atoms with van der Waals surface area (Å²) < 4.78 is 0. The monoisotopic (exact) mass is 315 g/mol. The molecule has 0 aliphatic carbocycles. The number of benzene rings is 1. The molecule has 6 heteroatoms. The van der Waals surface area contributed by atoms with E-state index in [1.165, 1.54) is 11.0 Å². The van der Waals surface area contributed by atoms with Crippen molar-refractivity contribution in [1.82, 2.24) is 25.2 Å². The Hall–Kier alpha value is -2.21. The molecule has 1 N–H and O–H groups in total. The van der Waals surface area contributed by atoms with E-state index in [0.29, 0.717) is 24.3 Å². The predicted molar refractivity (Wildman–Crippen MR) is 90.7 cm³/mol. The zero-order valence-electron chi connectivity index (χ0n) is 14.2. The first kappa shape index (κ1) is 17.1. The molecule has 0 fully saturated rings. The molecule has 0 unspecified atom stereocenters. The first-order chi connectivity index (χ1) is 11.0. The Bertz CT molecular complexity index is 613. The maximum absolute atomic E-state index is 12.2. The van der Waals surface area contributed by atoms with Crippen molar-refractivity contribution in [3.8, 4) is 5.69 Å². The molecule has 6 nitrogen and oxygen atoms in total. The third-order valence-electron chi connectivity index (χ3n) is 3.69. The van der Waals surface area contributed by atoms with Gasteiger partial charge in [-0.15, -0.1) is 5.10 Å². The summed E-state index contributed by atoms with van der Waals surface area (Å²) in [4.78, 5) is 16.0. The second-order valence-corrected chi connectivity index (χ2v) is 6.04. The van der Waals surface area contributed by atoms with Crippen LogP contribution < -0.4 is 5.32 Å². The smallest absolute Gasteiger partial charge is 0.273 e. The van der Waals surface area contributed by atoms with Crippen LogP contribution in [0.2, 0.25) is 0 Å². The highest BCUT2D eigenvalue weighted by Crippen LogP contribution is 2.05. The predicted octanol–water partition coefficient (Wildman–Crippen LogP) is 2.12. The number of carbonyl (C=O) groups is 1. The van der Waals surface area contributed by atoms with Gasteiger partial charge >= 0.3 is 0 Å². The van der Waals surface area contributed by atoms with Crippen molar-refractivity contribution in [2.45, 2.75) is 39.8 Å². The lowest BCUT2D eigenvalue weighted by Gasteiger charge is -2.30. The number of hydrogen-bond donors (Lipinski definition) is 1. The van der Waals surface area contributed by atoms with Gasteiger partial charge in [-0.1, -0.05) is 18.2 Å². The molecule has 0 saturated carbocycles. The van der Waals surface area contributed by atoms with Gasteiger partial charge in [-0.05, 0) is 39.8 Å². The number of amides is 1. The molecule has 1 aromatic carbocycles. The van der Waals surface area contributed by atoms with Gasteiger partial charge in [0.15, 0.2) is 5.69 Å². The Labute approximate surface area is 137 Å². The first-order valence-electron chi connectivity index (χ1n) is 8.00. The summed E-state index contributed by atoms with van der Waals surface area (Å²) in [5.74, 6) is -0.195. The van der Waals surface area contributed by atoms with E-state index in [1.807, 2.05) is 30.3 Å². The second-order valence-electron chi connectivity index (χ2n) is 6.04. The minimum atomic E-state index is -0.195. The number of para-hydroxylation sites is 1. The van der Waals surface area contributed by atoms with Gasteiger partial charge in [-0.25, -0.2) is 0 Å². The maximum Gasteiger partial charge on any atom is 0.273 e. The van der Waals surface area contributed by atoms with Gasteiger partial charge in [0, 0.05) is 25.2 Å². The summed E-state index contributed by atoms with van der Waals surface area (Å²) in [5, 5.41) is 11.3. The highest BCUT2D eigenvalue weighted by Gasteiger charge is 2.15. The minimum absolute atomic E-state index is 0.195. The van der Waals surface area contributed by atoms with Crippen LogP contribution in [-0.2, 0) is 0 Å². The minimum Gasteiger partial charge on any atom is -0.349 e. The fraction of sp³-hybridized carbons (Fsp3) is 0.471. The van der Waals surface area contributed by atoms with E-state index in [4.69, 9.17) is 0 Å². The third-order valence-corrected chi connectivity index (χ3v) is 3.69. The van der Waals surface area contributed by atoms with Gasteiger partial charge < -0.3 is 5.32 Å². The summed E-state index contributed by atoms with van der Waals surface area (Å²) in [6.07, 6.45) is 1.49. The molecule has 2 rings (SSSR count). The van der Waals surface area contributed by atoms with Crippen molar-refractivity contribution in [1.29, 1.82) is 0 Å². The molecule has 1 aromatic heterocycles. The van der Waals surface area contributed by atoms with Crippen LogP contribution in [0.4, 0.5) is 0 Å². The summed E-state index contributed by atoms with van der Waals surface area (Å²) in [6, 6.07) is 10.4. The molecule has 0 aliphatic heterocycles. The fourth-order valence-corrected chi connectivity index (χ4v) is 2.55. The Kier molecular flexibility index (Phi) is 5.87. The Morgan fingerprint density at radius 1 is 1.17 bits per heavy atom. The average Bonchev–Trinajstić information content (AvgIpc) is 3.01. The van der Waals surface area contributed by atoms with E-state index in [9.17, 15) is 4.79 Å². The normalized spacial score (nSPS) is 11.4. The zero-order chi connectivity index (χ0) is 16.8. The number of nitrogens with one attached hydrogen (secondary N) is 1. The highest BCUT2D eigenvalue weighted by molar-refractivity contribution is 5.91. The standard InChI is InChI=1S/C17H25N5O/c1-13(2)21(14(3)4)11-10-18-17(23)16-12-19-22(20-16)15-8-6-5-7-9-15/h5-9,12-14H,10-11H2,1-4H3,(H,18,23). The lowest BCUT2D eigenvalue weighted by molar-refractivity contribution is 0.0934. The molecule has 23 heavy (non-hydrogen) atoms. The van der Waals surface area contributed by atoms with Crippen LogP contribution in [0.1, 0.15) is 38.2 Å². The van der Waals surface area contributed by atoms with E-state index in [1.54, 1.807) is 0 Å². The van der Waals surface area contributed by atoms with Crippen LogP contribution in [0, 0.1) is 0 Å². The van der Waals surface area contributed by atoms with E-state index in [2.05, 4.69) is 48.1 Å². The first-order valence-corrected chi connectivity index (χ1v) is 8.00. The van der Waals surface area contributed by atoms with Crippen LogP contribution in [0.5, 0.6) is 0 Å². The molecule has 0 saturated heterocycles. The van der Waals surface area contributed by atoms with Crippen molar-refractivity contribution in [3.63, 3.8) is 0 Å². The molecule has 0 atom stereocenters. The molecular weight excluding hydrogens is 290 g/mol. The zero-order valence-corrected chi connectivity index (χ0v) is 14.2. The number of hydrogen-bond acceptors (Lipinski definition) is 4. The summed E-state index contributed by atoms with van der Waals surface area (Å²) >= 11 is 0. The van der Waals surface area contributed by atoms with Crippen LogP contribution in [0.15, 0.2) is 36.5 Å². The molecule has 2 aromatic rings. The van der Waals surface area contributed by atoms with Crippen molar-refractivity contribution < 1.29 is 4.79 Å². The molecule has 124 valence electrons. The SMILES string of the molecule is CC(C)N(CCNC(=O)c1cnn(-c2ccccc2)n1)C(C)C. The van der Waals surface area contributed by atoms with Crippen LogP contribution in [-0.4, -0.2) is 51.0 Å². The quantitative estimate of drug-likeness (QED) is 0.850. The van der Waals surface area contributed by atoms with Gasteiger partial charge in [-0.3, -0.25) is 9.69 Å². The van der Waals surface area contributed by atoms with Crippen molar-refractivity contribution in [2.75, 3.05) is 13.1 Å². The van der Waals surface area contributed by atoms with E-state index >= 15 is 0 Å². The van der Waals surface area contributed by atoms with Gasteiger partial charge in [0.05, 0.1) is 11.9 Å². The van der Waals surface area contributed by atoms with Crippen molar-refractivity contribution >= 4 is 5.91 Å². The van der Waals surface area contributed by atoms with Gasteiger partial charge in [-0.2, -0.15) is 9.90 Å². The fourth-order valence-electron chi connectivity index (χ4n) is 2.55. The lowest BCUT2D eigenvalue weighted by Crippen LogP contribution is -2.42.